The van der Waals surface area contributed by atoms with Crippen LogP contribution in [0.4, 0.5) is 0 Å². The Morgan fingerprint density at radius 2 is 0.969 bits per heavy atom. The number of aliphatic carboxylic acids is 3. The summed E-state index contributed by atoms with van der Waals surface area (Å²) >= 11 is 0. The van der Waals surface area contributed by atoms with Crippen LogP contribution in [0.15, 0.2) is 0 Å². The molecule has 12 heteroatoms. The highest BCUT2D eigenvalue weighted by molar-refractivity contribution is 5.75. The summed E-state index contributed by atoms with van der Waals surface area (Å²) < 4.78 is 0. The van der Waals surface area contributed by atoms with Gasteiger partial charge < -0.3 is 25.5 Å². The van der Waals surface area contributed by atoms with Crippen LogP contribution in [-0.2, 0) is 19.2 Å². The summed E-state index contributed by atoms with van der Waals surface area (Å²) in [6, 6.07) is 0. The Kier molecular flexibility index (Phi) is 13.5. The third-order valence-electron chi connectivity index (χ3n) is 5.37. The van der Waals surface area contributed by atoms with Gasteiger partial charge in [-0.2, -0.15) is 0 Å². The number of amides is 1. The second-order valence-electron chi connectivity index (χ2n) is 7.98. The number of hydrogen-bond donors (Lipinski definition) is 4. The Bertz CT molecular complexity index is 619. The van der Waals surface area contributed by atoms with Crippen molar-refractivity contribution in [3.8, 4) is 0 Å². The van der Waals surface area contributed by atoms with Gasteiger partial charge >= 0.3 is 17.9 Å². The number of rotatable bonds is 9. The highest BCUT2D eigenvalue weighted by Gasteiger charge is 2.18. The van der Waals surface area contributed by atoms with Crippen molar-refractivity contribution in [2.45, 2.75) is 19.3 Å². The van der Waals surface area contributed by atoms with E-state index in [1.165, 1.54) is 0 Å². The molecule has 1 heterocycles. The van der Waals surface area contributed by atoms with Gasteiger partial charge in [0.25, 0.3) is 0 Å². The van der Waals surface area contributed by atoms with E-state index < -0.39 is 17.9 Å². The number of hydrogen-bond acceptors (Lipinski definition) is 8. The monoisotopic (exact) mass is 459 g/mol. The van der Waals surface area contributed by atoms with Gasteiger partial charge in [-0.05, 0) is 19.4 Å². The van der Waals surface area contributed by atoms with Crippen LogP contribution in [0.3, 0.4) is 0 Å². The van der Waals surface area contributed by atoms with E-state index in [2.05, 4.69) is 10.2 Å². The Morgan fingerprint density at radius 1 is 0.625 bits per heavy atom. The van der Waals surface area contributed by atoms with Crippen molar-refractivity contribution in [3.63, 3.8) is 0 Å². The molecule has 0 saturated carbocycles. The van der Waals surface area contributed by atoms with Crippen molar-refractivity contribution >= 4 is 23.8 Å². The number of carbonyl (C=O) groups excluding carboxylic acids is 1. The first-order valence-electron chi connectivity index (χ1n) is 10.9. The number of nitrogens with zero attached hydrogens (tertiary/aromatic N) is 4. The van der Waals surface area contributed by atoms with Crippen LogP contribution in [0.5, 0.6) is 0 Å². The van der Waals surface area contributed by atoms with E-state index in [1.54, 1.807) is 16.8 Å². The van der Waals surface area contributed by atoms with Crippen LogP contribution in [0.2, 0.25) is 0 Å². The van der Waals surface area contributed by atoms with Gasteiger partial charge in [-0.25, -0.2) is 0 Å². The smallest absolute Gasteiger partial charge is 0.317 e. The van der Waals surface area contributed by atoms with E-state index in [-0.39, 0.29) is 25.5 Å². The van der Waals surface area contributed by atoms with Crippen molar-refractivity contribution in [1.82, 2.24) is 24.9 Å². The molecular formula is C20H37N5O7. The second kappa shape index (κ2) is 15.5. The van der Waals surface area contributed by atoms with E-state index >= 15 is 0 Å². The zero-order valence-corrected chi connectivity index (χ0v) is 18.9. The molecule has 1 amide bonds. The summed E-state index contributed by atoms with van der Waals surface area (Å²) in [6.45, 7) is 4.26. The van der Waals surface area contributed by atoms with Gasteiger partial charge in [0.2, 0.25) is 5.91 Å². The average Bonchev–Trinajstić information content (AvgIpc) is 2.70. The van der Waals surface area contributed by atoms with E-state index in [9.17, 15) is 34.5 Å². The van der Waals surface area contributed by atoms with E-state index in [1.807, 2.05) is 4.90 Å². The molecule has 0 spiro atoms. The Balaban J connectivity index is 2.88. The third kappa shape index (κ3) is 13.2. The van der Waals surface area contributed by atoms with Crippen molar-refractivity contribution in [2.75, 3.05) is 85.6 Å². The molecule has 1 aliphatic heterocycles. The zero-order chi connectivity index (χ0) is 23.9. The van der Waals surface area contributed by atoms with Crippen LogP contribution in [-0.4, -0.2) is 144 Å². The summed E-state index contributed by atoms with van der Waals surface area (Å²) in [7, 11) is 1.58. The summed E-state index contributed by atoms with van der Waals surface area (Å²) in [4.78, 5) is 52.9. The number of carboxylic acids is 3. The number of nitrogens with one attached hydrogen (secondary N) is 1. The molecule has 32 heavy (non-hydrogen) atoms. The lowest BCUT2D eigenvalue weighted by atomic mass is 10.2. The van der Waals surface area contributed by atoms with Crippen LogP contribution < -0.4 is 5.32 Å². The topological polar surface area (TPSA) is 154 Å². The summed E-state index contributed by atoms with van der Waals surface area (Å²) in [5.74, 6) is -2.88. The van der Waals surface area contributed by atoms with Gasteiger partial charge in [-0.15, -0.1) is 0 Å². The molecule has 184 valence electrons. The first-order chi connectivity index (χ1) is 15.2. The van der Waals surface area contributed by atoms with Crippen LogP contribution in [0.25, 0.3) is 0 Å². The van der Waals surface area contributed by atoms with E-state index in [4.69, 9.17) is 0 Å². The van der Waals surface area contributed by atoms with Gasteiger partial charge in [0.05, 0.1) is 19.6 Å². The lowest BCUT2D eigenvalue weighted by Gasteiger charge is -2.30. The maximum absolute atomic E-state index is 11.7. The fourth-order valence-electron chi connectivity index (χ4n) is 3.71. The minimum Gasteiger partial charge on any atom is -0.480 e. The van der Waals surface area contributed by atoms with Crippen molar-refractivity contribution in [3.05, 3.63) is 0 Å². The fraction of sp³-hybridized carbons (Fsp3) is 0.800. The quantitative estimate of drug-likeness (QED) is 0.314. The lowest BCUT2D eigenvalue weighted by molar-refractivity contribution is -0.140. The normalized spacial score (nSPS) is 19.2. The molecule has 1 fully saturated rings. The SMILES string of the molecule is CNC(=O)CCN1CCCN(CC(=O)O)CCN(CC(=O)O)CCCN(CC(=O)O)CC1. The second-order valence-corrected chi connectivity index (χ2v) is 7.98. The number of carboxylic acid groups (broad SMARTS) is 3. The largest absolute Gasteiger partial charge is 0.480 e. The highest BCUT2D eigenvalue weighted by Crippen LogP contribution is 2.04. The molecule has 0 aromatic carbocycles. The summed E-state index contributed by atoms with van der Waals surface area (Å²) in [5, 5.41) is 30.2. The Morgan fingerprint density at radius 3 is 1.31 bits per heavy atom. The molecule has 0 aliphatic carbocycles. The predicted octanol–water partition coefficient (Wildman–Crippen LogP) is -1.62. The molecule has 0 aromatic rings. The molecule has 0 radical (unpaired) electrons. The minimum absolute atomic E-state index is 0.0715. The van der Waals surface area contributed by atoms with E-state index in [0.29, 0.717) is 78.2 Å². The van der Waals surface area contributed by atoms with E-state index in [0.717, 1.165) is 0 Å². The molecule has 1 aliphatic rings. The molecule has 1 saturated heterocycles. The summed E-state index contributed by atoms with van der Waals surface area (Å²) in [5.41, 5.74) is 0. The van der Waals surface area contributed by atoms with Crippen LogP contribution in [0.1, 0.15) is 19.3 Å². The van der Waals surface area contributed by atoms with Gasteiger partial charge in [0.1, 0.15) is 0 Å². The van der Waals surface area contributed by atoms with Crippen LogP contribution in [0, 0.1) is 0 Å². The Labute approximate surface area is 188 Å². The standard InChI is InChI=1S/C20H37N5O7/c1-21-17(26)4-9-22-5-2-6-24(15-19(29)30)12-13-25(16-20(31)32)8-3-7-23(11-10-22)14-18(27)28/h2-16H2,1H3,(H,21,26)(H,27,28)(H,29,30)(H,31,32). The molecule has 12 nitrogen and oxygen atoms in total. The molecule has 1 rings (SSSR count). The summed E-state index contributed by atoms with van der Waals surface area (Å²) in [6.07, 6.45) is 1.61. The van der Waals surface area contributed by atoms with Gasteiger partial charge in [-0.1, -0.05) is 0 Å². The first kappa shape index (κ1) is 27.8. The van der Waals surface area contributed by atoms with Gasteiger partial charge in [0, 0.05) is 65.8 Å². The minimum atomic E-state index is -0.954. The Hall–Kier alpha value is -2.28. The zero-order valence-electron chi connectivity index (χ0n) is 18.9. The first-order valence-corrected chi connectivity index (χ1v) is 10.9. The predicted molar refractivity (Wildman–Crippen MR) is 117 cm³/mol. The average molecular weight is 460 g/mol. The lowest BCUT2D eigenvalue weighted by Crippen LogP contribution is -2.44. The van der Waals surface area contributed by atoms with Crippen molar-refractivity contribution in [1.29, 1.82) is 0 Å². The molecular weight excluding hydrogens is 422 g/mol. The molecule has 0 aromatic heterocycles. The van der Waals surface area contributed by atoms with Crippen molar-refractivity contribution < 1.29 is 34.5 Å². The molecule has 4 N–H and O–H groups in total. The highest BCUT2D eigenvalue weighted by atomic mass is 16.4. The van der Waals surface area contributed by atoms with Gasteiger partial charge in [0.15, 0.2) is 0 Å². The van der Waals surface area contributed by atoms with Crippen LogP contribution >= 0.6 is 0 Å². The number of carbonyl (C=O) groups is 4. The van der Waals surface area contributed by atoms with Crippen molar-refractivity contribution in [2.24, 2.45) is 0 Å². The molecule has 0 atom stereocenters. The molecule has 0 bridgehead atoms. The molecule has 0 unspecified atom stereocenters. The fourth-order valence-corrected chi connectivity index (χ4v) is 3.71. The maximum Gasteiger partial charge on any atom is 0.317 e. The van der Waals surface area contributed by atoms with Gasteiger partial charge in [-0.3, -0.25) is 33.9 Å². The third-order valence-corrected chi connectivity index (χ3v) is 5.37. The maximum atomic E-state index is 11.7.